The van der Waals surface area contributed by atoms with E-state index in [2.05, 4.69) is 21.8 Å². The number of hydrogen-bond donors (Lipinski definition) is 3. The van der Waals surface area contributed by atoms with Gasteiger partial charge < -0.3 is 9.75 Å². The number of halogens is 1. The van der Waals surface area contributed by atoms with Crippen LogP contribution < -0.4 is 26.9 Å². The Kier molecular flexibility index (Phi) is 8.56. The Morgan fingerprint density at radius 1 is 1.17 bits per heavy atom. The fraction of sp³-hybridized carbons (Fsp3) is 0.118. The molecule has 0 spiro atoms. The molecule has 0 aliphatic heterocycles. The minimum absolute atomic E-state index is 0.403. The number of carbonyl (C=O) groups is 1. The highest BCUT2D eigenvalue weighted by Gasteiger charge is 2.08. The van der Waals surface area contributed by atoms with Crippen LogP contribution >= 0.6 is 15.9 Å². The molecule has 0 unspecified atom stereocenters. The number of methoxy groups -OCH3 is 1. The Morgan fingerprint density at radius 2 is 1.83 bits per heavy atom. The van der Waals surface area contributed by atoms with E-state index in [9.17, 15) is 0 Å². The monoisotopic (exact) mass is 392 g/mol. The van der Waals surface area contributed by atoms with Gasteiger partial charge in [0.1, 0.15) is 5.75 Å². The Labute approximate surface area is 150 Å². The van der Waals surface area contributed by atoms with Crippen molar-refractivity contribution in [1.82, 2.24) is 5.43 Å². The Bertz CT molecular complexity index is 690. The number of hydrazine groups is 2. The molecule has 0 aromatic heterocycles. The summed E-state index contributed by atoms with van der Waals surface area (Å²) in [6.45, 7) is 0. The third kappa shape index (κ3) is 5.69. The number of anilines is 1. The van der Waals surface area contributed by atoms with E-state index in [1.165, 1.54) is 0 Å². The molecule has 2 aromatic carbocycles. The summed E-state index contributed by atoms with van der Waals surface area (Å²) in [4.78, 5) is 8.94. The van der Waals surface area contributed by atoms with Crippen LogP contribution in [0.5, 0.6) is 5.75 Å². The third-order valence-electron chi connectivity index (χ3n) is 3.05. The van der Waals surface area contributed by atoms with E-state index in [4.69, 9.17) is 15.4 Å². The molecule has 24 heavy (non-hydrogen) atoms. The fourth-order valence-electron chi connectivity index (χ4n) is 1.97. The van der Waals surface area contributed by atoms with Crippen LogP contribution in [0.25, 0.3) is 12.2 Å². The zero-order valence-electron chi connectivity index (χ0n) is 13.6. The normalized spacial score (nSPS) is 9.88. The van der Waals surface area contributed by atoms with Crippen LogP contribution in [0.3, 0.4) is 0 Å². The lowest BCUT2D eigenvalue weighted by Crippen LogP contribution is -2.25. The Balaban J connectivity index is 0.000000648. The number of nitrogens with two attached hydrogens (primary N) is 2. The number of nitrogens with one attached hydrogen (secondary N) is 1. The van der Waals surface area contributed by atoms with Gasteiger partial charge in [-0.15, -0.1) is 0 Å². The topological polar surface area (TPSA) is 93.6 Å². The predicted molar refractivity (Wildman–Crippen MR) is 102 cm³/mol. The minimum atomic E-state index is 0.403. The van der Waals surface area contributed by atoms with Crippen LogP contribution in [-0.2, 0) is 4.79 Å². The Morgan fingerprint density at radius 3 is 2.38 bits per heavy atom. The molecule has 7 heteroatoms. The van der Waals surface area contributed by atoms with E-state index in [-0.39, 0.29) is 0 Å². The van der Waals surface area contributed by atoms with Crippen LogP contribution in [0.2, 0.25) is 0 Å². The first-order valence-corrected chi connectivity index (χ1v) is 7.82. The molecule has 0 bridgehead atoms. The smallest absolute Gasteiger partial charge is 0.221 e. The van der Waals surface area contributed by atoms with Crippen LogP contribution in [0.1, 0.15) is 11.1 Å². The third-order valence-corrected chi connectivity index (χ3v) is 3.77. The molecule has 5 N–H and O–H groups in total. The van der Waals surface area contributed by atoms with E-state index >= 15 is 0 Å². The zero-order chi connectivity index (χ0) is 17.9. The molecule has 0 fully saturated rings. The van der Waals surface area contributed by atoms with E-state index in [0.717, 1.165) is 27.0 Å². The van der Waals surface area contributed by atoms with Crippen molar-refractivity contribution in [3.63, 3.8) is 0 Å². The second-order valence-corrected chi connectivity index (χ2v) is 5.50. The summed E-state index contributed by atoms with van der Waals surface area (Å²) in [5.41, 5.74) is 4.72. The van der Waals surface area contributed by atoms with Crippen molar-refractivity contribution in [2.45, 2.75) is 0 Å². The SMILES string of the molecule is COc1cccc(N(C)N)c1/C=C/c1ccccc1Br.NNC=O. The van der Waals surface area contributed by atoms with Crippen LogP contribution in [0.4, 0.5) is 5.69 Å². The largest absolute Gasteiger partial charge is 0.496 e. The number of benzene rings is 2. The van der Waals surface area contributed by atoms with Gasteiger partial charge in [0.05, 0.1) is 12.8 Å². The number of carbonyl (C=O) groups excluding carboxylic acids is 1. The van der Waals surface area contributed by atoms with Crippen LogP contribution in [0.15, 0.2) is 46.9 Å². The van der Waals surface area contributed by atoms with Gasteiger partial charge in [-0.05, 0) is 29.8 Å². The Hall–Kier alpha value is -2.35. The summed E-state index contributed by atoms with van der Waals surface area (Å²) in [5, 5.41) is 1.59. The number of rotatable bonds is 5. The second-order valence-electron chi connectivity index (χ2n) is 4.64. The highest BCUT2D eigenvalue weighted by Crippen LogP contribution is 2.30. The van der Waals surface area contributed by atoms with Crippen molar-refractivity contribution in [2.75, 3.05) is 19.2 Å². The number of nitrogens with zero attached hydrogens (tertiary/aromatic N) is 1. The number of ether oxygens (including phenoxy) is 1. The molecule has 0 radical (unpaired) electrons. The maximum atomic E-state index is 8.94. The molecule has 0 aliphatic carbocycles. The molecular formula is C17H21BrN4O2. The predicted octanol–water partition coefficient (Wildman–Crippen LogP) is 2.54. The van der Waals surface area contributed by atoms with Crippen LogP contribution in [-0.4, -0.2) is 20.6 Å². The highest BCUT2D eigenvalue weighted by atomic mass is 79.9. The summed E-state index contributed by atoms with van der Waals surface area (Å²) in [6.07, 6.45) is 4.45. The molecular weight excluding hydrogens is 372 g/mol. The van der Waals surface area contributed by atoms with E-state index < -0.39 is 0 Å². The quantitative estimate of drug-likeness (QED) is 0.239. The number of amides is 1. The maximum Gasteiger partial charge on any atom is 0.221 e. The van der Waals surface area contributed by atoms with Gasteiger partial charge in [0.15, 0.2) is 0 Å². The average Bonchev–Trinajstić information content (AvgIpc) is 2.60. The molecule has 0 saturated carbocycles. The lowest BCUT2D eigenvalue weighted by Gasteiger charge is -2.17. The maximum absolute atomic E-state index is 8.94. The summed E-state index contributed by atoms with van der Waals surface area (Å²) >= 11 is 3.54. The summed E-state index contributed by atoms with van der Waals surface area (Å²) in [5.74, 6) is 11.1. The minimum Gasteiger partial charge on any atom is -0.496 e. The molecule has 0 saturated heterocycles. The van der Waals surface area contributed by atoms with Crippen molar-refractivity contribution >= 4 is 40.2 Å². The molecule has 0 atom stereocenters. The first-order valence-electron chi connectivity index (χ1n) is 7.03. The van der Waals surface area contributed by atoms with Crippen molar-refractivity contribution < 1.29 is 9.53 Å². The van der Waals surface area contributed by atoms with E-state index in [0.29, 0.717) is 6.41 Å². The van der Waals surface area contributed by atoms with Crippen molar-refractivity contribution in [3.8, 4) is 5.75 Å². The van der Waals surface area contributed by atoms with Gasteiger partial charge in [0.25, 0.3) is 0 Å². The molecule has 128 valence electrons. The number of hydrogen-bond acceptors (Lipinski definition) is 5. The van der Waals surface area contributed by atoms with E-state index in [1.54, 1.807) is 17.5 Å². The lowest BCUT2D eigenvalue weighted by molar-refractivity contribution is -0.109. The molecule has 0 heterocycles. The summed E-state index contributed by atoms with van der Waals surface area (Å²) in [7, 11) is 3.47. The standard InChI is InChI=1S/C16H17BrN2O.CH4N2O/c1-19(18)15-8-5-9-16(20-2)13(15)11-10-12-6-3-4-7-14(12)17;2-3-1-4/h3-11H,18H2,1-2H3;1H,2H2,(H,3,4)/b11-10+;. The zero-order valence-corrected chi connectivity index (χ0v) is 15.2. The molecule has 0 aliphatic rings. The van der Waals surface area contributed by atoms with Gasteiger partial charge in [0.2, 0.25) is 6.41 Å². The summed E-state index contributed by atoms with van der Waals surface area (Å²) in [6, 6.07) is 13.9. The van der Waals surface area contributed by atoms with Gasteiger partial charge in [-0.3, -0.25) is 10.2 Å². The fourth-order valence-corrected chi connectivity index (χ4v) is 2.39. The van der Waals surface area contributed by atoms with Gasteiger partial charge >= 0.3 is 0 Å². The van der Waals surface area contributed by atoms with Gasteiger partial charge in [0, 0.05) is 17.1 Å². The van der Waals surface area contributed by atoms with Crippen LogP contribution in [0, 0.1) is 0 Å². The average molecular weight is 393 g/mol. The van der Waals surface area contributed by atoms with Gasteiger partial charge in [-0.25, -0.2) is 11.7 Å². The molecule has 6 nitrogen and oxygen atoms in total. The van der Waals surface area contributed by atoms with Crippen molar-refractivity contribution in [2.24, 2.45) is 11.7 Å². The van der Waals surface area contributed by atoms with Gasteiger partial charge in [-0.1, -0.05) is 46.3 Å². The first kappa shape index (κ1) is 19.7. The molecule has 2 rings (SSSR count). The van der Waals surface area contributed by atoms with Crippen molar-refractivity contribution in [3.05, 3.63) is 58.1 Å². The first-order chi connectivity index (χ1) is 11.5. The van der Waals surface area contributed by atoms with Crippen molar-refractivity contribution in [1.29, 1.82) is 0 Å². The second kappa shape index (κ2) is 10.4. The van der Waals surface area contributed by atoms with Gasteiger partial charge in [-0.2, -0.15) is 0 Å². The molecule has 2 aromatic rings. The lowest BCUT2D eigenvalue weighted by atomic mass is 10.1. The van der Waals surface area contributed by atoms with E-state index in [1.807, 2.05) is 61.7 Å². The summed E-state index contributed by atoms with van der Waals surface area (Å²) < 4.78 is 6.46. The molecule has 1 amide bonds. The highest BCUT2D eigenvalue weighted by molar-refractivity contribution is 9.10.